The van der Waals surface area contributed by atoms with E-state index in [2.05, 4.69) is 0 Å². The monoisotopic (exact) mass is 268 g/mol. The van der Waals surface area contributed by atoms with Crippen molar-refractivity contribution >= 4 is 0 Å². The predicted molar refractivity (Wildman–Crippen MR) is 69.5 cm³/mol. The van der Waals surface area contributed by atoms with E-state index in [0.29, 0.717) is 29.4 Å². The van der Waals surface area contributed by atoms with E-state index >= 15 is 0 Å². The normalized spacial score (nSPS) is 12.7. The zero-order valence-corrected chi connectivity index (χ0v) is 10.9. The largest absolute Gasteiger partial charge is 0.493 e. The van der Waals surface area contributed by atoms with Crippen LogP contribution in [-0.4, -0.2) is 30.2 Å². The number of benzene rings is 1. The zero-order chi connectivity index (χ0) is 13.5. The number of aliphatic hydroxyl groups is 2. The highest BCUT2D eigenvalue weighted by Crippen LogP contribution is 2.38. The second-order valence-corrected chi connectivity index (χ2v) is 4.46. The quantitative estimate of drug-likeness (QED) is 0.704. The Hall–Kier alpha value is -1.46. The molecule has 106 valence electrons. The molecule has 0 fully saturated rings. The Labute approximate surface area is 112 Å². The Morgan fingerprint density at radius 2 is 1.74 bits per heavy atom. The molecule has 0 aromatic heterocycles. The van der Waals surface area contributed by atoms with Gasteiger partial charge in [0.05, 0.1) is 13.2 Å². The minimum atomic E-state index is -0.0868. The van der Waals surface area contributed by atoms with Gasteiger partial charge in [0, 0.05) is 18.2 Å². The number of aliphatic hydroxyl groups excluding tert-OH is 2. The highest BCUT2D eigenvalue weighted by Gasteiger charge is 2.17. The Morgan fingerprint density at radius 1 is 1.00 bits per heavy atom. The number of hydrogen-bond donors (Lipinski definition) is 2. The fourth-order valence-corrected chi connectivity index (χ4v) is 1.97. The van der Waals surface area contributed by atoms with Gasteiger partial charge in [0.15, 0.2) is 11.5 Å². The summed E-state index contributed by atoms with van der Waals surface area (Å²) in [6.45, 7) is 0.969. The standard InChI is InChI=1S/C14H20O5/c15-5-3-1-2-4-6-17-12-8-14-13(18-10-19-14)7-11(12)9-16/h7-8,15-16H,1-6,9-10H2. The first kappa shape index (κ1) is 14.0. The fourth-order valence-electron chi connectivity index (χ4n) is 1.97. The lowest BCUT2D eigenvalue weighted by molar-refractivity contribution is 0.173. The van der Waals surface area contributed by atoms with E-state index < -0.39 is 0 Å². The molecule has 2 rings (SSSR count). The lowest BCUT2D eigenvalue weighted by atomic mass is 10.2. The van der Waals surface area contributed by atoms with Gasteiger partial charge in [-0.1, -0.05) is 6.42 Å². The van der Waals surface area contributed by atoms with E-state index in [-0.39, 0.29) is 20.0 Å². The molecule has 19 heavy (non-hydrogen) atoms. The molecule has 1 aromatic rings. The van der Waals surface area contributed by atoms with Gasteiger partial charge in [0.1, 0.15) is 5.75 Å². The molecule has 0 amide bonds. The first-order valence-electron chi connectivity index (χ1n) is 6.62. The van der Waals surface area contributed by atoms with Gasteiger partial charge >= 0.3 is 0 Å². The number of hydrogen-bond acceptors (Lipinski definition) is 5. The van der Waals surface area contributed by atoms with Crippen LogP contribution in [0.4, 0.5) is 0 Å². The van der Waals surface area contributed by atoms with Crippen LogP contribution in [0.5, 0.6) is 17.2 Å². The molecule has 1 heterocycles. The molecule has 1 aliphatic heterocycles. The Balaban J connectivity index is 1.85. The van der Waals surface area contributed by atoms with E-state index in [1.165, 1.54) is 0 Å². The summed E-state index contributed by atoms with van der Waals surface area (Å²) in [5.74, 6) is 1.96. The lowest BCUT2D eigenvalue weighted by Gasteiger charge is -2.11. The van der Waals surface area contributed by atoms with Crippen molar-refractivity contribution < 1.29 is 24.4 Å². The summed E-state index contributed by atoms with van der Waals surface area (Å²) in [6.07, 6.45) is 3.80. The Kier molecular flexibility index (Phi) is 5.30. The van der Waals surface area contributed by atoms with Crippen LogP contribution in [0, 0.1) is 0 Å². The summed E-state index contributed by atoms with van der Waals surface area (Å²) in [5, 5.41) is 18.0. The van der Waals surface area contributed by atoms with E-state index in [0.717, 1.165) is 25.7 Å². The molecule has 0 saturated carbocycles. The zero-order valence-electron chi connectivity index (χ0n) is 10.9. The van der Waals surface area contributed by atoms with Gasteiger partial charge in [0.25, 0.3) is 0 Å². The second-order valence-electron chi connectivity index (χ2n) is 4.46. The maximum absolute atomic E-state index is 9.32. The second kappa shape index (κ2) is 7.21. The highest BCUT2D eigenvalue weighted by atomic mass is 16.7. The molecule has 5 nitrogen and oxygen atoms in total. The fraction of sp³-hybridized carbons (Fsp3) is 0.571. The molecule has 0 atom stereocenters. The van der Waals surface area contributed by atoms with Crippen molar-refractivity contribution in [2.75, 3.05) is 20.0 Å². The predicted octanol–water partition coefficient (Wildman–Crippen LogP) is 1.84. The molecule has 1 aliphatic rings. The van der Waals surface area contributed by atoms with Gasteiger partial charge in [-0.3, -0.25) is 0 Å². The van der Waals surface area contributed by atoms with Crippen molar-refractivity contribution in [1.29, 1.82) is 0 Å². The third-order valence-corrected chi connectivity index (χ3v) is 3.04. The minimum absolute atomic E-state index is 0.0868. The van der Waals surface area contributed by atoms with Gasteiger partial charge in [-0.15, -0.1) is 0 Å². The number of ether oxygens (including phenoxy) is 3. The summed E-state index contributed by atoms with van der Waals surface area (Å²) in [5.41, 5.74) is 0.708. The molecule has 1 aromatic carbocycles. The number of fused-ring (bicyclic) bond motifs is 1. The summed E-state index contributed by atoms with van der Waals surface area (Å²) in [4.78, 5) is 0. The van der Waals surface area contributed by atoms with E-state index in [4.69, 9.17) is 19.3 Å². The molecular formula is C14H20O5. The van der Waals surface area contributed by atoms with Crippen molar-refractivity contribution in [2.24, 2.45) is 0 Å². The summed E-state index contributed by atoms with van der Waals surface area (Å²) >= 11 is 0. The summed E-state index contributed by atoms with van der Waals surface area (Å²) in [6, 6.07) is 3.52. The summed E-state index contributed by atoms with van der Waals surface area (Å²) < 4.78 is 16.2. The van der Waals surface area contributed by atoms with Gasteiger partial charge < -0.3 is 24.4 Å². The average molecular weight is 268 g/mol. The van der Waals surface area contributed by atoms with Gasteiger partial charge in [0.2, 0.25) is 6.79 Å². The van der Waals surface area contributed by atoms with E-state index in [9.17, 15) is 5.11 Å². The van der Waals surface area contributed by atoms with E-state index in [1.54, 1.807) is 12.1 Å². The molecule has 0 unspecified atom stereocenters. The van der Waals surface area contributed by atoms with Crippen molar-refractivity contribution in [1.82, 2.24) is 0 Å². The lowest BCUT2D eigenvalue weighted by Crippen LogP contribution is -2.01. The van der Waals surface area contributed by atoms with Crippen LogP contribution >= 0.6 is 0 Å². The van der Waals surface area contributed by atoms with Gasteiger partial charge in [-0.05, 0) is 25.3 Å². The van der Waals surface area contributed by atoms with Crippen LogP contribution in [0.2, 0.25) is 0 Å². The van der Waals surface area contributed by atoms with Crippen molar-refractivity contribution in [3.8, 4) is 17.2 Å². The van der Waals surface area contributed by atoms with Crippen LogP contribution in [0.3, 0.4) is 0 Å². The minimum Gasteiger partial charge on any atom is -0.493 e. The molecule has 0 bridgehead atoms. The maximum atomic E-state index is 9.32. The molecule has 5 heteroatoms. The van der Waals surface area contributed by atoms with Crippen LogP contribution in [0.15, 0.2) is 12.1 Å². The molecule has 0 spiro atoms. The van der Waals surface area contributed by atoms with Crippen LogP contribution in [0.25, 0.3) is 0 Å². The van der Waals surface area contributed by atoms with Crippen molar-refractivity contribution in [3.63, 3.8) is 0 Å². The smallest absolute Gasteiger partial charge is 0.231 e. The SMILES string of the molecule is OCCCCCCOc1cc2c(cc1CO)OCO2. The van der Waals surface area contributed by atoms with Crippen LogP contribution in [0.1, 0.15) is 31.2 Å². The molecular weight excluding hydrogens is 248 g/mol. The molecule has 0 saturated heterocycles. The van der Waals surface area contributed by atoms with Crippen molar-refractivity contribution in [2.45, 2.75) is 32.3 Å². The topological polar surface area (TPSA) is 68.2 Å². The molecule has 0 aliphatic carbocycles. The van der Waals surface area contributed by atoms with Crippen LogP contribution < -0.4 is 14.2 Å². The van der Waals surface area contributed by atoms with Gasteiger partial charge in [-0.2, -0.15) is 0 Å². The maximum Gasteiger partial charge on any atom is 0.231 e. The third-order valence-electron chi connectivity index (χ3n) is 3.04. The van der Waals surface area contributed by atoms with Crippen molar-refractivity contribution in [3.05, 3.63) is 17.7 Å². The first-order chi connectivity index (χ1) is 9.35. The van der Waals surface area contributed by atoms with E-state index in [1.807, 2.05) is 0 Å². The van der Waals surface area contributed by atoms with Crippen LogP contribution in [-0.2, 0) is 6.61 Å². The molecule has 0 radical (unpaired) electrons. The Bertz CT molecular complexity index is 405. The molecule has 2 N–H and O–H groups in total. The van der Waals surface area contributed by atoms with Gasteiger partial charge in [-0.25, -0.2) is 0 Å². The number of unbranched alkanes of at least 4 members (excludes halogenated alkanes) is 3. The average Bonchev–Trinajstić information content (AvgIpc) is 2.88. The first-order valence-corrected chi connectivity index (χ1v) is 6.62. The summed E-state index contributed by atoms with van der Waals surface area (Å²) in [7, 11) is 0. The number of rotatable bonds is 8. The third kappa shape index (κ3) is 3.75. The Morgan fingerprint density at radius 3 is 2.47 bits per heavy atom. The highest BCUT2D eigenvalue weighted by molar-refractivity contribution is 5.51.